The lowest BCUT2D eigenvalue weighted by Gasteiger charge is -2.31. The van der Waals surface area contributed by atoms with Gasteiger partial charge in [0.05, 0.1) is 16.1 Å². The van der Waals surface area contributed by atoms with Crippen LogP contribution in [0, 0.1) is 11.3 Å². The number of nitriles is 1. The normalized spacial score (nSPS) is 14.1. The second-order valence-electron chi connectivity index (χ2n) is 6.32. The molecule has 2 aromatic rings. The molecule has 2 aromatic carbocycles. The van der Waals surface area contributed by atoms with Gasteiger partial charge in [-0.3, -0.25) is 19.4 Å². The predicted octanol–water partition coefficient (Wildman–Crippen LogP) is 3.50. The number of hydrogen-bond donors (Lipinski definition) is 0. The molecule has 1 saturated heterocycles. The summed E-state index contributed by atoms with van der Waals surface area (Å²) in [6, 6.07) is 14.6. The van der Waals surface area contributed by atoms with Gasteiger partial charge in [-0.05, 0) is 58.0 Å². The Morgan fingerprint density at radius 1 is 1.14 bits per heavy atom. The summed E-state index contributed by atoms with van der Waals surface area (Å²) in [7, 11) is 3.07. The molecule has 1 heterocycles. The van der Waals surface area contributed by atoms with Crippen molar-refractivity contribution in [1.82, 2.24) is 9.80 Å². The van der Waals surface area contributed by atoms with E-state index < -0.39 is 11.8 Å². The van der Waals surface area contributed by atoms with E-state index in [1.54, 1.807) is 30.3 Å². The molecule has 29 heavy (non-hydrogen) atoms. The summed E-state index contributed by atoms with van der Waals surface area (Å²) in [6.07, 6.45) is 1.53. The summed E-state index contributed by atoms with van der Waals surface area (Å²) in [5.74, 6) is -0.304. The van der Waals surface area contributed by atoms with Crippen LogP contribution in [0.4, 0.5) is 0 Å². The monoisotopic (exact) mass is 469 g/mol. The molecule has 0 unspecified atom stereocenters. The summed E-state index contributed by atoms with van der Waals surface area (Å²) in [5.41, 5.74) is 2.04. The number of benzene rings is 2. The van der Waals surface area contributed by atoms with Crippen molar-refractivity contribution < 1.29 is 14.3 Å². The van der Waals surface area contributed by atoms with Crippen molar-refractivity contribution in [3.05, 3.63) is 69.2 Å². The molecule has 1 aliphatic rings. The van der Waals surface area contributed by atoms with Gasteiger partial charge in [0.1, 0.15) is 17.9 Å². The third kappa shape index (κ3) is 4.21. The maximum atomic E-state index is 12.4. The van der Waals surface area contributed by atoms with E-state index in [1.165, 1.54) is 30.0 Å². The number of rotatable bonds is 4. The van der Waals surface area contributed by atoms with Crippen LogP contribution in [0.15, 0.2) is 52.5 Å². The number of ether oxygens (including phenoxy) is 1. The third-order valence-electron chi connectivity index (χ3n) is 4.43. The molecule has 0 saturated carbocycles. The Hall–Kier alpha value is -3.02. The number of nitrogens with zero attached hydrogens (tertiary/aromatic N) is 3. The molecule has 0 spiro atoms. The first-order valence-electron chi connectivity index (χ1n) is 8.55. The van der Waals surface area contributed by atoms with E-state index in [0.29, 0.717) is 21.3 Å². The van der Waals surface area contributed by atoms with Gasteiger partial charge in [-0.25, -0.2) is 0 Å². The molecule has 1 fully saturated rings. The first-order chi connectivity index (χ1) is 13.8. The lowest BCUT2D eigenvalue weighted by atomic mass is 10.1. The Morgan fingerprint density at radius 3 is 2.41 bits per heavy atom. The van der Waals surface area contributed by atoms with Gasteiger partial charge in [0.15, 0.2) is 5.11 Å². The number of carbonyl (C=O) groups excluding carboxylic acids is 2. The number of halogens is 1. The Kier molecular flexibility index (Phi) is 6.11. The SMILES string of the molecule is CN1C(=O)C(=Cc2ccc(OCc3ccccc3C#N)c(Br)c2)C(=O)N(C)C1=S. The summed E-state index contributed by atoms with van der Waals surface area (Å²) >= 11 is 8.54. The number of thiocarbonyl (C=S) groups is 1. The van der Waals surface area contributed by atoms with Crippen molar-refractivity contribution in [2.75, 3.05) is 14.1 Å². The Bertz CT molecular complexity index is 1060. The molecular formula is C21H16BrN3O3S. The largest absolute Gasteiger partial charge is 0.488 e. The van der Waals surface area contributed by atoms with E-state index in [2.05, 4.69) is 22.0 Å². The molecule has 3 rings (SSSR count). The highest BCUT2D eigenvalue weighted by atomic mass is 79.9. The van der Waals surface area contributed by atoms with Crippen LogP contribution in [0.3, 0.4) is 0 Å². The van der Waals surface area contributed by atoms with E-state index in [-0.39, 0.29) is 17.3 Å². The second-order valence-corrected chi connectivity index (χ2v) is 7.54. The van der Waals surface area contributed by atoms with Crippen molar-refractivity contribution in [2.45, 2.75) is 6.61 Å². The second kappa shape index (κ2) is 8.55. The fourth-order valence-corrected chi connectivity index (χ4v) is 3.45. The van der Waals surface area contributed by atoms with Crippen LogP contribution in [0.1, 0.15) is 16.7 Å². The summed E-state index contributed by atoms with van der Waals surface area (Å²) in [4.78, 5) is 27.4. The van der Waals surface area contributed by atoms with Gasteiger partial charge >= 0.3 is 0 Å². The van der Waals surface area contributed by atoms with Gasteiger partial charge < -0.3 is 4.74 Å². The van der Waals surface area contributed by atoms with Crippen molar-refractivity contribution in [3.8, 4) is 11.8 Å². The van der Waals surface area contributed by atoms with E-state index in [9.17, 15) is 9.59 Å². The lowest BCUT2D eigenvalue weighted by molar-refractivity contribution is -0.132. The number of amides is 2. The molecular weight excluding hydrogens is 454 g/mol. The van der Waals surface area contributed by atoms with Crippen LogP contribution in [0.25, 0.3) is 6.08 Å². The fraction of sp³-hybridized carbons (Fsp3) is 0.143. The van der Waals surface area contributed by atoms with Crippen LogP contribution in [0.5, 0.6) is 5.75 Å². The van der Waals surface area contributed by atoms with Gasteiger partial charge in [0.25, 0.3) is 11.8 Å². The number of hydrogen-bond acceptors (Lipinski definition) is 5. The third-order valence-corrected chi connectivity index (χ3v) is 5.60. The van der Waals surface area contributed by atoms with Crippen LogP contribution in [-0.2, 0) is 16.2 Å². The molecule has 1 aliphatic heterocycles. The minimum Gasteiger partial charge on any atom is -0.488 e. The Labute approximate surface area is 182 Å². The van der Waals surface area contributed by atoms with Crippen molar-refractivity contribution in [2.24, 2.45) is 0 Å². The van der Waals surface area contributed by atoms with Crippen LogP contribution in [-0.4, -0.2) is 40.8 Å². The highest BCUT2D eigenvalue weighted by Crippen LogP contribution is 2.29. The standard InChI is InChI=1S/C21H16BrN3O3S/c1-24-19(26)16(20(27)25(2)21(24)29)9-13-7-8-18(17(22)10-13)28-12-15-6-4-3-5-14(15)11-23/h3-10H,12H2,1-2H3. The topological polar surface area (TPSA) is 73.6 Å². The number of likely N-dealkylation sites (N-methyl/N-ethyl adjacent to an activating group) is 2. The first-order valence-corrected chi connectivity index (χ1v) is 9.75. The summed E-state index contributed by atoms with van der Waals surface area (Å²) < 4.78 is 6.48. The molecule has 6 nitrogen and oxygen atoms in total. The predicted molar refractivity (Wildman–Crippen MR) is 116 cm³/mol. The van der Waals surface area contributed by atoms with Gasteiger partial charge in [-0.15, -0.1) is 0 Å². The van der Waals surface area contributed by atoms with Crippen molar-refractivity contribution in [1.29, 1.82) is 5.26 Å². The molecule has 0 radical (unpaired) electrons. The average Bonchev–Trinajstić information content (AvgIpc) is 2.73. The molecule has 0 aliphatic carbocycles. The molecule has 0 atom stereocenters. The summed E-state index contributed by atoms with van der Waals surface area (Å²) in [5, 5.41) is 9.33. The Balaban J connectivity index is 1.82. The molecule has 0 N–H and O–H groups in total. The van der Waals surface area contributed by atoms with E-state index in [0.717, 1.165) is 5.56 Å². The van der Waals surface area contributed by atoms with Gasteiger partial charge in [0.2, 0.25) is 0 Å². The van der Waals surface area contributed by atoms with Gasteiger partial charge in [-0.2, -0.15) is 5.26 Å². The molecule has 146 valence electrons. The van der Waals surface area contributed by atoms with Crippen LogP contribution < -0.4 is 4.74 Å². The molecule has 0 bridgehead atoms. The highest BCUT2D eigenvalue weighted by molar-refractivity contribution is 9.10. The molecule has 2 amide bonds. The van der Waals surface area contributed by atoms with Crippen molar-refractivity contribution >= 4 is 51.2 Å². The molecule has 8 heteroatoms. The van der Waals surface area contributed by atoms with Crippen LogP contribution >= 0.6 is 28.1 Å². The minimum absolute atomic E-state index is 0.0344. The van der Waals surface area contributed by atoms with Gasteiger partial charge in [-0.1, -0.05) is 24.3 Å². The molecule has 0 aromatic heterocycles. The van der Waals surface area contributed by atoms with E-state index in [1.807, 2.05) is 12.1 Å². The zero-order valence-electron chi connectivity index (χ0n) is 15.7. The van der Waals surface area contributed by atoms with Gasteiger partial charge in [0, 0.05) is 19.7 Å². The minimum atomic E-state index is -0.442. The highest BCUT2D eigenvalue weighted by Gasteiger charge is 2.35. The fourth-order valence-electron chi connectivity index (χ4n) is 2.78. The van der Waals surface area contributed by atoms with Crippen molar-refractivity contribution in [3.63, 3.8) is 0 Å². The van der Waals surface area contributed by atoms with E-state index in [4.69, 9.17) is 22.2 Å². The quantitative estimate of drug-likeness (QED) is 0.389. The maximum Gasteiger partial charge on any atom is 0.265 e. The average molecular weight is 470 g/mol. The smallest absolute Gasteiger partial charge is 0.265 e. The lowest BCUT2D eigenvalue weighted by Crippen LogP contribution is -2.52. The maximum absolute atomic E-state index is 12.4. The zero-order valence-corrected chi connectivity index (χ0v) is 18.1. The Morgan fingerprint density at radius 2 is 1.79 bits per heavy atom. The van der Waals surface area contributed by atoms with E-state index >= 15 is 0 Å². The van der Waals surface area contributed by atoms with Crippen LogP contribution in [0.2, 0.25) is 0 Å². The number of carbonyl (C=O) groups is 2. The zero-order chi connectivity index (χ0) is 21.1. The summed E-state index contributed by atoms with van der Waals surface area (Å²) in [6.45, 7) is 0.243. The first kappa shape index (κ1) is 20.7.